The molecule has 2 nitrogen and oxygen atoms in total. The third-order valence-electron chi connectivity index (χ3n) is 11.9. The van der Waals surface area contributed by atoms with Gasteiger partial charge in [0.2, 0.25) is 0 Å². The van der Waals surface area contributed by atoms with Gasteiger partial charge in [-0.15, -0.1) is 11.3 Å². The van der Waals surface area contributed by atoms with Crippen LogP contribution in [0, 0.1) is 0 Å². The van der Waals surface area contributed by atoms with Crippen LogP contribution in [0.3, 0.4) is 0 Å². The van der Waals surface area contributed by atoms with E-state index in [1.807, 2.05) is 17.4 Å². The van der Waals surface area contributed by atoms with E-state index < -0.39 is 0 Å². The van der Waals surface area contributed by atoms with Crippen molar-refractivity contribution in [2.45, 2.75) is 0 Å². The molecule has 276 valence electrons. The fourth-order valence-corrected chi connectivity index (χ4v) is 10.2. The number of furan rings is 1. The van der Waals surface area contributed by atoms with E-state index in [0.29, 0.717) is 0 Å². The van der Waals surface area contributed by atoms with Gasteiger partial charge in [-0.1, -0.05) is 152 Å². The maximum absolute atomic E-state index is 6.73. The lowest BCUT2D eigenvalue weighted by Crippen LogP contribution is -2.10. The van der Waals surface area contributed by atoms with Crippen molar-refractivity contribution in [3.63, 3.8) is 0 Å². The molecule has 12 aromatic rings. The summed E-state index contributed by atoms with van der Waals surface area (Å²) in [6.45, 7) is 0. The summed E-state index contributed by atoms with van der Waals surface area (Å²) in [5.74, 6) is 0. The molecule has 0 radical (unpaired) electrons. The fraction of sp³-hybridized carbons (Fsp3) is 0. The van der Waals surface area contributed by atoms with Gasteiger partial charge in [0.25, 0.3) is 0 Å². The Morgan fingerprint density at radius 2 is 0.983 bits per heavy atom. The Morgan fingerprint density at radius 3 is 1.85 bits per heavy atom. The van der Waals surface area contributed by atoms with Gasteiger partial charge >= 0.3 is 0 Å². The molecule has 0 bridgehead atoms. The molecule has 0 amide bonds. The molecule has 59 heavy (non-hydrogen) atoms. The van der Waals surface area contributed by atoms with Crippen LogP contribution in [0.25, 0.3) is 97.0 Å². The van der Waals surface area contributed by atoms with Gasteiger partial charge in [0.1, 0.15) is 5.58 Å². The van der Waals surface area contributed by atoms with E-state index in [2.05, 4.69) is 211 Å². The van der Waals surface area contributed by atoms with Crippen molar-refractivity contribution in [3.8, 4) is 33.4 Å². The van der Waals surface area contributed by atoms with Crippen LogP contribution in [-0.4, -0.2) is 0 Å². The predicted molar refractivity (Wildman–Crippen MR) is 253 cm³/mol. The van der Waals surface area contributed by atoms with Crippen LogP contribution >= 0.6 is 11.3 Å². The summed E-state index contributed by atoms with van der Waals surface area (Å²) in [6.07, 6.45) is 0. The molecule has 0 saturated heterocycles. The highest BCUT2D eigenvalue weighted by molar-refractivity contribution is 7.25. The van der Waals surface area contributed by atoms with E-state index in [0.717, 1.165) is 39.0 Å². The first kappa shape index (κ1) is 33.7. The number of thiophene rings is 1. The molecule has 10 aromatic carbocycles. The van der Waals surface area contributed by atoms with Crippen LogP contribution in [0.5, 0.6) is 0 Å². The molecular formula is C56H35NOS. The maximum atomic E-state index is 6.73. The summed E-state index contributed by atoms with van der Waals surface area (Å²) >= 11 is 1.85. The maximum Gasteiger partial charge on any atom is 0.159 e. The van der Waals surface area contributed by atoms with Crippen LogP contribution < -0.4 is 4.90 Å². The zero-order chi connectivity index (χ0) is 38.9. The van der Waals surface area contributed by atoms with E-state index in [4.69, 9.17) is 4.42 Å². The van der Waals surface area contributed by atoms with E-state index in [9.17, 15) is 0 Å². The van der Waals surface area contributed by atoms with Crippen molar-refractivity contribution in [3.05, 3.63) is 212 Å². The lowest BCUT2D eigenvalue weighted by Gasteiger charge is -2.27. The molecule has 0 spiro atoms. The number of para-hydroxylation sites is 2. The highest BCUT2D eigenvalue weighted by Gasteiger charge is 2.22. The first-order valence-electron chi connectivity index (χ1n) is 20.1. The van der Waals surface area contributed by atoms with E-state index in [1.54, 1.807) is 0 Å². The Morgan fingerprint density at radius 1 is 0.339 bits per heavy atom. The largest absolute Gasteiger partial charge is 0.454 e. The molecule has 0 aliphatic carbocycles. The third-order valence-corrected chi connectivity index (χ3v) is 13.0. The number of nitrogens with zero attached hydrogens (tertiary/aromatic N) is 1. The minimum atomic E-state index is 0.860. The van der Waals surface area contributed by atoms with E-state index in [1.165, 1.54) is 75.1 Å². The lowest BCUT2D eigenvalue weighted by molar-refractivity contribution is 0.669. The summed E-state index contributed by atoms with van der Waals surface area (Å²) in [5, 5.41) is 9.83. The monoisotopic (exact) mass is 769 g/mol. The second kappa shape index (κ2) is 13.6. The summed E-state index contributed by atoms with van der Waals surface area (Å²) < 4.78 is 9.34. The van der Waals surface area contributed by atoms with Crippen molar-refractivity contribution in [1.29, 1.82) is 0 Å². The average molecular weight is 770 g/mol. The van der Waals surface area contributed by atoms with Crippen LogP contribution in [0.2, 0.25) is 0 Å². The summed E-state index contributed by atoms with van der Waals surface area (Å²) in [6, 6.07) is 77.0. The van der Waals surface area contributed by atoms with Gasteiger partial charge in [-0.3, -0.25) is 0 Å². The number of hydrogen-bond donors (Lipinski definition) is 0. The van der Waals surface area contributed by atoms with Crippen LogP contribution in [0.1, 0.15) is 0 Å². The molecule has 0 aliphatic rings. The van der Waals surface area contributed by atoms with E-state index in [-0.39, 0.29) is 0 Å². The standard InChI is InChI=1S/C56H35NOS/c1-2-13-36(14-3-1)50-35-41(30-31-43(50)39-27-32-55-51(34-39)47-20-9-11-24-54(47)59-55)57(52-22-12-21-48-46-19-8-10-23-53(46)58-56(48)52)40-28-25-37(26-29-40)49-33-38-15-4-5-16-42(38)44-17-6-7-18-45(44)49/h1-35H. The smallest absolute Gasteiger partial charge is 0.159 e. The normalized spacial score (nSPS) is 11.7. The summed E-state index contributed by atoms with van der Waals surface area (Å²) in [7, 11) is 0. The average Bonchev–Trinajstić information content (AvgIpc) is 3.88. The topological polar surface area (TPSA) is 16.4 Å². The molecule has 0 N–H and O–H groups in total. The number of benzene rings is 10. The zero-order valence-electron chi connectivity index (χ0n) is 32.0. The van der Waals surface area contributed by atoms with Crippen molar-refractivity contribution < 1.29 is 4.42 Å². The Balaban J connectivity index is 1.06. The lowest BCUT2D eigenvalue weighted by atomic mass is 9.92. The van der Waals surface area contributed by atoms with Crippen LogP contribution in [-0.2, 0) is 0 Å². The molecule has 3 heteroatoms. The third kappa shape index (κ3) is 5.55. The van der Waals surface area contributed by atoms with Gasteiger partial charge in [-0.2, -0.15) is 0 Å². The highest BCUT2D eigenvalue weighted by atomic mass is 32.1. The molecule has 0 aliphatic heterocycles. The Kier molecular flexibility index (Phi) is 7.75. The van der Waals surface area contributed by atoms with E-state index >= 15 is 0 Å². The number of anilines is 3. The van der Waals surface area contributed by atoms with Crippen molar-refractivity contribution in [2.24, 2.45) is 0 Å². The van der Waals surface area contributed by atoms with Gasteiger partial charge in [-0.25, -0.2) is 0 Å². The first-order chi connectivity index (χ1) is 29.2. The molecule has 12 rings (SSSR count). The van der Waals surface area contributed by atoms with Gasteiger partial charge < -0.3 is 9.32 Å². The van der Waals surface area contributed by atoms with Crippen molar-refractivity contribution >= 4 is 92.1 Å². The Labute approximate surface area is 345 Å². The van der Waals surface area contributed by atoms with Crippen molar-refractivity contribution in [1.82, 2.24) is 0 Å². The minimum Gasteiger partial charge on any atom is -0.454 e. The Bertz CT molecular complexity index is 3560. The number of hydrogen-bond acceptors (Lipinski definition) is 3. The number of rotatable bonds is 6. The highest BCUT2D eigenvalue weighted by Crippen LogP contribution is 2.46. The molecule has 0 fully saturated rings. The van der Waals surface area contributed by atoms with Crippen LogP contribution in [0.15, 0.2) is 217 Å². The summed E-state index contributed by atoms with van der Waals surface area (Å²) in [4.78, 5) is 2.36. The minimum absolute atomic E-state index is 0.860. The molecule has 0 unspecified atom stereocenters. The van der Waals surface area contributed by atoms with Gasteiger partial charge in [0, 0.05) is 42.3 Å². The SMILES string of the molecule is c1ccc(-c2cc(N(c3ccc(-c4cc5ccccc5c5ccccc45)cc3)c3cccc4c3oc3ccccc34)ccc2-c2ccc3sc4ccccc4c3c2)cc1. The van der Waals surface area contributed by atoms with Crippen LogP contribution in [0.4, 0.5) is 17.1 Å². The second-order valence-electron chi connectivity index (χ2n) is 15.2. The quantitative estimate of drug-likeness (QED) is 0.157. The van der Waals surface area contributed by atoms with Gasteiger partial charge in [0.05, 0.1) is 5.69 Å². The molecule has 2 aromatic heterocycles. The van der Waals surface area contributed by atoms with Crippen molar-refractivity contribution in [2.75, 3.05) is 4.90 Å². The second-order valence-corrected chi connectivity index (χ2v) is 16.3. The molecular weight excluding hydrogens is 735 g/mol. The number of fused-ring (bicyclic) bond motifs is 9. The van der Waals surface area contributed by atoms with Gasteiger partial charge in [-0.05, 0) is 116 Å². The Hall–Kier alpha value is -7.46. The molecule has 0 saturated carbocycles. The first-order valence-corrected chi connectivity index (χ1v) is 20.9. The fourth-order valence-electron chi connectivity index (χ4n) is 9.09. The zero-order valence-corrected chi connectivity index (χ0v) is 32.8. The summed E-state index contributed by atoms with van der Waals surface area (Å²) in [5.41, 5.74) is 11.9. The molecule has 0 atom stereocenters. The molecule has 2 heterocycles. The predicted octanol–water partition coefficient (Wildman–Crippen LogP) is 16.7. The van der Waals surface area contributed by atoms with Gasteiger partial charge in [0.15, 0.2) is 5.58 Å².